The van der Waals surface area contributed by atoms with Gasteiger partial charge < -0.3 is 24.8 Å². The first-order chi connectivity index (χ1) is 17.1. The summed E-state index contributed by atoms with van der Waals surface area (Å²) in [7, 11) is 1.71. The van der Waals surface area contributed by atoms with Crippen molar-refractivity contribution < 1.29 is 18.8 Å². The van der Waals surface area contributed by atoms with Crippen LogP contribution in [-0.4, -0.2) is 39.5 Å². The summed E-state index contributed by atoms with van der Waals surface area (Å²) >= 11 is 0. The lowest BCUT2D eigenvalue weighted by Gasteiger charge is -2.14. The number of carbonyl (C=O) groups is 1. The van der Waals surface area contributed by atoms with Crippen molar-refractivity contribution in [2.24, 2.45) is 0 Å². The Labute approximate surface area is 206 Å². The molecule has 3 aromatic heterocycles. The number of carbonyl (C=O) groups excluding carboxylic acids is 1. The zero-order valence-corrected chi connectivity index (χ0v) is 20.3. The molecule has 10 nitrogen and oxygen atoms in total. The van der Waals surface area contributed by atoms with Gasteiger partial charge in [-0.05, 0) is 23.8 Å². The molecule has 4 aromatic rings. The summed E-state index contributed by atoms with van der Waals surface area (Å²) in [5, 5.41) is 22.0. The van der Waals surface area contributed by atoms with Gasteiger partial charge in [0.1, 0.15) is 11.6 Å². The third kappa shape index (κ3) is 5.05. The van der Waals surface area contributed by atoms with E-state index < -0.39 is 11.8 Å². The van der Waals surface area contributed by atoms with Crippen LogP contribution >= 0.6 is 0 Å². The van der Waals surface area contributed by atoms with Crippen LogP contribution < -0.4 is 21.5 Å². The number of aliphatic hydroxyl groups excluding tert-OH is 1. The molecule has 1 aromatic carbocycles. The lowest BCUT2D eigenvalue weighted by Crippen LogP contribution is -2.24. The van der Waals surface area contributed by atoms with Gasteiger partial charge in [-0.15, -0.1) is 0 Å². The van der Waals surface area contributed by atoms with Gasteiger partial charge in [0.2, 0.25) is 5.88 Å². The number of pyridine rings is 2. The van der Waals surface area contributed by atoms with Crippen LogP contribution in [0.15, 0.2) is 51.9 Å². The Morgan fingerprint density at radius 2 is 1.94 bits per heavy atom. The van der Waals surface area contributed by atoms with E-state index in [9.17, 15) is 19.1 Å². The summed E-state index contributed by atoms with van der Waals surface area (Å²) in [4.78, 5) is 30.1. The van der Waals surface area contributed by atoms with Crippen LogP contribution in [0.4, 0.5) is 26.6 Å². The fraction of sp³-hybridized carbons (Fsp3) is 0.280. The lowest BCUT2D eigenvalue weighted by atomic mass is 9.92. The predicted molar refractivity (Wildman–Crippen MR) is 136 cm³/mol. The third-order valence-corrected chi connectivity index (χ3v) is 5.60. The van der Waals surface area contributed by atoms with Gasteiger partial charge in [-0.25, -0.2) is 14.2 Å². The van der Waals surface area contributed by atoms with Crippen molar-refractivity contribution in [2.75, 3.05) is 29.6 Å². The van der Waals surface area contributed by atoms with E-state index in [1.165, 1.54) is 22.8 Å². The minimum Gasteiger partial charge on any atom is -0.395 e. The number of amides is 2. The number of nitrogens with zero attached hydrogens (tertiary/aromatic N) is 3. The number of benzene rings is 1. The maximum Gasteiger partial charge on any atom is 0.326 e. The highest BCUT2D eigenvalue weighted by Crippen LogP contribution is 2.27. The number of rotatable bonds is 6. The molecule has 0 aliphatic heterocycles. The summed E-state index contributed by atoms with van der Waals surface area (Å²) in [6.45, 7) is 5.68. The van der Waals surface area contributed by atoms with E-state index in [-0.39, 0.29) is 41.3 Å². The summed E-state index contributed by atoms with van der Waals surface area (Å²) in [6, 6.07) is 8.22. The Hall–Kier alpha value is -4.25. The van der Waals surface area contributed by atoms with E-state index in [1.807, 2.05) is 20.8 Å². The molecule has 3 heterocycles. The fourth-order valence-electron chi connectivity index (χ4n) is 3.68. The van der Waals surface area contributed by atoms with E-state index >= 15 is 0 Å². The van der Waals surface area contributed by atoms with Crippen molar-refractivity contribution in [1.29, 1.82) is 0 Å². The van der Waals surface area contributed by atoms with Gasteiger partial charge in [0.25, 0.3) is 5.56 Å². The first-order valence-corrected chi connectivity index (χ1v) is 11.3. The molecule has 188 valence electrons. The third-order valence-electron chi connectivity index (χ3n) is 5.60. The number of hydrogen-bond acceptors (Lipinski definition) is 7. The van der Waals surface area contributed by atoms with Crippen LogP contribution in [-0.2, 0) is 12.0 Å². The first-order valence-electron chi connectivity index (χ1n) is 11.3. The highest BCUT2D eigenvalue weighted by Gasteiger charge is 2.20. The normalized spacial score (nSPS) is 11.5. The zero-order chi connectivity index (χ0) is 26.0. The molecule has 0 saturated carbocycles. The van der Waals surface area contributed by atoms with Gasteiger partial charge in [0.15, 0.2) is 0 Å². The van der Waals surface area contributed by atoms with E-state index in [0.29, 0.717) is 28.0 Å². The van der Waals surface area contributed by atoms with Crippen LogP contribution in [0.1, 0.15) is 26.5 Å². The molecule has 0 aliphatic rings. The molecule has 0 aliphatic carbocycles. The average Bonchev–Trinajstić information content (AvgIpc) is 3.31. The van der Waals surface area contributed by atoms with Gasteiger partial charge in [-0.1, -0.05) is 32.0 Å². The molecule has 2 amide bonds. The number of nitrogens with one attached hydrogen (secondary N) is 3. The van der Waals surface area contributed by atoms with Crippen LogP contribution in [0.3, 0.4) is 0 Å². The number of halogens is 1. The van der Waals surface area contributed by atoms with E-state index in [0.717, 1.165) is 0 Å². The Balaban J connectivity index is 1.67. The summed E-state index contributed by atoms with van der Waals surface area (Å²) in [5.41, 5.74) is 1.13. The van der Waals surface area contributed by atoms with Gasteiger partial charge in [0, 0.05) is 48.3 Å². The van der Waals surface area contributed by atoms with Crippen LogP contribution in [0.5, 0.6) is 0 Å². The Morgan fingerprint density at radius 1 is 1.17 bits per heavy atom. The molecular formula is C25H27FN6O4. The molecule has 0 fully saturated rings. The Kier molecular flexibility index (Phi) is 6.75. The molecule has 0 saturated heterocycles. The standard InChI is InChI=1S/C25H27FN6O4/c1-25(2,3)20-12-22(36-31-20)30-24(35)29-18-10-14(5-6-17(18)26)16-9-15-13-28-21(27-4)11-19(15)32(7-8-33)23(16)34/h5-6,9-13,33H,7-8H2,1-4H3,(H,27,28)(H2,29,30,35). The molecule has 4 N–H and O–H groups in total. The van der Waals surface area contributed by atoms with Crippen molar-refractivity contribution in [3.05, 3.63) is 64.5 Å². The SMILES string of the molecule is CNc1cc2c(cn1)cc(-c1ccc(F)c(NC(=O)Nc3cc(C(C)(C)C)no3)c1)c(=O)n2CCO. The van der Waals surface area contributed by atoms with Crippen molar-refractivity contribution in [3.63, 3.8) is 0 Å². The predicted octanol–water partition coefficient (Wildman–Crippen LogP) is 4.17. The second-order valence-corrected chi connectivity index (χ2v) is 9.22. The zero-order valence-electron chi connectivity index (χ0n) is 20.3. The molecule has 0 radical (unpaired) electrons. The largest absolute Gasteiger partial charge is 0.395 e. The average molecular weight is 495 g/mol. The number of aliphatic hydroxyl groups is 1. The number of hydrogen-bond donors (Lipinski definition) is 4. The van der Waals surface area contributed by atoms with Crippen LogP contribution in [0, 0.1) is 5.82 Å². The van der Waals surface area contributed by atoms with E-state index in [4.69, 9.17) is 4.52 Å². The highest BCUT2D eigenvalue weighted by atomic mass is 19.1. The second kappa shape index (κ2) is 9.78. The van der Waals surface area contributed by atoms with Crippen LogP contribution in [0.2, 0.25) is 0 Å². The highest BCUT2D eigenvalue weighted by molar-refractivity contribution is 5.99. The number of aromatic nitrogens is 3. The van der Waals surface area contributed by atoms with Crippen molar-refractivity contribution in [3.8, 4) is 11.1 Å². The van der Waals surface area contributed by atoms with Gasteiger partial charge in [-0.2, -0.15) is 0 Å². The fourth-order valence-corrected chi connectivity index (χ4v) is 3.68. The van der Waals surface area contributed by atoms with Gasteiger partial charge in [-0.3, -0.25) is 10.1 Å². The molecule has 0 spiro atoms. The minimum absolute atomic E-state index is 0.0682. The number of anilines is 3. The number of fused-ring (bicyclic) bond motifs is 1. The van der Waals surface area contributed by atoms with E-state index in [2.05, 4.69) is 26.1 Å². The van der Waals surface area contributed by atoms with Gasteiger partial charge >= 0.3 is 6.03 Å². The quantitative estimate of drug-likeness (QED) is 0.316. The molecule has 4 rings (SSSR count). The summed E-state index contributed by atoms with van der Waals surface area (Å²) < 4.78 is 21.1. The maximum absolute atomic E-state index is 14.6. The second-order valence-electron chi connectivity index (χ2n) is 9.22. The maximum atomic E-state index is 14.6. The monoisotopic (exact) mass is 494 g/mol. The Bertz CT molecular complexity index is 1490. The summed E-state index contributed by atoms with van der Waals surface area (Å²) in [5.74, 6) is 0.00416. The van der Waals surface area contributed by atoms with Gasteiger partial charge in [0.05, 0.1) is 23.5 Å². The Morgan fingerprint density at radius 3 is 2.61 bits per heavy atom. The number of urea groups is 1. The summed E-state index contributed by atoms with van der Waals surface area (Å²) in [6.07, 6.45) is 1.61. The molecule has 0 unspecified atom stereocenters. The van der Waals surface area contributed by atoms with Crippen LogP contribution in [0.25, 0.3) is 22.0 Å². The lowest BCUT2D eigenvalue weighted by molar-refractivity contribution is 0.261. The van der Waals surface area contributed by atoms with Crippen molar-refractivity contribution in [2.45, 2.75) is 32.7 Å². The van der Waals surface area contributed by atoms with Crippen molar-refractivity contribution >= 4 is 34.3 Å². The van der Waals surface area contributed by atoms with E-state index in [1.54, 1.807) is 31.4 Å². The van der Waals surface area contributed by atoms with Crippen molar-refractivity contribution in [1.82, 2.24) is 14.7 Å². The minimum atomic E-state index is -0.734. The molecule has 11 heteroatoms. The molecular weight excluding hydrogens is 467 g/mol. The molecule has 0 bridgehead atoms. The molecule has 0 atom stereocenters. The smallest absolute Gasteiger partial charge is 0.326 e. The molecule has 36 heavy (non-hydrogen) atoms. The topological polar surface area (TPSA) is 134 Å². The first kappa shape index (κ1) is 24.9.